The van der Waals surface area contributed by atoms with Crippen LogP contribution in [0.4, 0.5) is 11.4 Å². The van der Waals surface area contributed by atoms with Crippen molar-refractivity contribution in [3.8, 4) is 39.7 Å². The molecule has 0 bridgehead atoms. The van der Waals surface area contributed by atoms with Gasteiger partial charge in [0.1, 0.15) is 19.4 Å². The predicted molar refractivity (Wildman–Crippen MR) is 143 cm³/mol. The van der Waals surface area contributed by atoms with Crippen LogP contribution in [0.15, 0.2) is 65.1 Å². The van der Waals surface area contributed by atoms with E-state index in [0.29, 0.717) is 9.94 Å². The molecule has 0 aliphatic carbocycles. The van der Waals surface area contributed by atoms with Gasteiger partial charge in [0, 0.05) is 63.3 Å². The van der Waals surface area contributed by atoms with Gasteiger partial charge in [0.15, 0.2) is 0 Å². The van der Waals surface area contributed by atoms with Crippen LogP contribution in [-0.2, 0) is 7.05 Å². The molecule has 0 aliphatic rings. The topological polar surface area (TPSA) is 44.5 Å². The van der Waals surface area contributed by atoms with E-state index in [2.05, 4.69) is 78.8 Å². The first-order valence-electron chi connectivity index (χ1n) is 10.6. The molecular weight excluding hydrogens is 475 g/mol. The predicted octanol–water partition coefficient (Wildman–Crippen LogP) is 4.82. The lowest BCUT2D eigenvalue weighted by Gasteiger charge is -2.14. The van der Waals surface area contributed by atoms with Crippen molar-refractivity contribution in [1.82, 2.24) is 9.55 Å². The van der Waals surface area contributed by atoms with Crippen LogP contribution >= 0.6 is 15.9 Å². The molecule has 0 atom stereocenters. The number of phenols is 1. The molecule has 1 aromatic heterocycles. The fourth-order valence-electron chi connectivity index (χ4n) is 3.87. The Hall–Kier alpha value is -3.19. The number of rotatable bonds is 5. The minimum Gasteiger partial charge on any atom is -0.507 e. The molecule has 7 heteroatoms. The van der Waals surface area contributed by atoms with E-state index < -0.39 is 0 Å². The van der Waals surface area contributed by atoms with Crippen molar-refractivity contribution in [2.75, 3.05) is 38.0 Å². The second-order valence-electron chi connectivity index (χ2n) is 8.47. The summed E-state index contributed by atoms with van der Waals surface area (Å²) in [4.78, 5) is 9.21. The fourth-order valence-corrected chi connectivity index (χ4v) is 4.35. The molecule has 0 spiro atoms. The molecule has 0 saturated heterocycles. The van der Waals surface area contributed by atoms with Crippen molar-refractivity contribution in [2.45, 2.75) is 0 Å². The highest BCUT2D eigenvalue weighted by Crippen LogP contribution is 2.37. The molecule has 0 amide bonds. The largest absolute Gasteiger partial charge is 0.507 e. The van der Waals surface area contributed by atoms with E-state index in [-0.39, 0.29) is 5.75 Å². The van der Waals surface area contributed by atoms with Crippen molar-refractivity contribution in [3.63, 3.8) is 0 Å². The summed E-state index contributed by atoms with van der Waals surface area (Å²) in [6.45, 7) is 0. The van der Waals surface area contributed by atoms with E-state index in [1.165, 1.54) is 0 Å². The lowest BCUT2D eigenvalue weighted by molar-refractivity contribution is 0.476. The van der Waals surface area contributed by atoms with E-state index >= 15 is 0 Å². The van der Waals surface area contributed by atoms with Crippen LogP contribution in [0.5, 0.6) is 5.75 Å². The molecule has 4 rings (SSSR count). The molecule has 5 nitrogen and oxygen atoms in total. The van der Waals surface area contributed by atoms with Gasteiger partial charge in [-0.3, -0.25) is 0 Å². The average molecular weight is 501 g/mol. The van der Waals surface area contributed by atoms with Crippen LogP contribution in [0.25, 0.3) is 33.9 Å². The van der Waals surface area contributed by atoms with Gasteiger partial charge in [-0.15, -0.1) is 0 Å². The number of aromatic nitrogens is 2. The summed E-state index contributed by atoms with van der Waals surface area (Å²) in [5.41, 5.74) is 7.38. The van der Waals surface area contributed by atoms with Gasteiger partial charge in [0.25, 0.3) is 0 Å². The fraction of sp³-hybridized carbons (Fsp3) is 0.192. The number of anilines is 2. The zero-order valence-electron chi connectivity index (χ0n) is 19.5. The van der Waals surface area contributed by atoms with Gasteiger partial charge >= 0.3 is 0 Å². The molecule has 166 valence electrons. The van der Waals surface area contributed by atoms with Gasteiger partial charge in [-0.25, -0.2) is 4.98 Å². The van der Waals surface area contributed by atoms with E-state index in [1.54, 1.807) is 6.07 Å². The molecule has 1 heterocycles. The molecule has 33 heavy (non-hydrogen) atoms. The highest BCUT2D eigenvalue weighted by molar-refractivity contribution is 9.10. The SMILES string of the molecule is [B]c1cc(-c2nc(-c3ccc(N(C)C)cc3)c(-c3ccc(N(C)C)cc3)n2C)cc(Br)c1O. The maximum Gasteiger partial charge on any atom is 0.140 e. The van der Waals surface area contributed by atoms with E-state index in [9.17, 15) is 5.11 Å². The Morgan fingerprint density at radius 1 is 0.818 bits per heavy atom. The minimum absolute atomic E-state index is 0.0342. The van der Waals surface area contributed by atoms with Gasteiger partial charge < -0.3 is 19.5 Å². The zero-order chi connectivity index (χ0) is 23.9. The summed E-state index contributed by atoms with van der Waals surface area (Å²) in [5, 5.41) is 10.1. The number of aromatic hydroxyl groups is 1. The molecule has 0 unspecified atom stereocenters. The van der Waals surface area contributed by atoms with Crippen LogP contribution in [0, 0.1) is 0 Å². The van der Waals surface area contributed by atoms with Crippen LogP contribution < -0.4 is 15.3 Å². The standard InChI is InChI=1S/C26H26BBrN4O/c1-30(2)19-10-6-16(7-11-19)23-24(17-8-12-20(13-9-17)31(3)4)32(5)26(29-23)18-14-21(27)25(33)22(28)15-18/h6-15,33H,1-5H3. The summed E-state index contributed by atoms with van der Waals surface area (Å²) in [7, 11) is 16.2. The molecule has 0 fully saturated rings. The first-order valence-corrected chi connectivity index (χ1v) is 11.4. The number of hydrogen-bond acceptors (Lipinski definition) is 4. The Labute approximate surface area is 204 Å². The summed E-state index contributed by atoms with van der Waals surface area (Å²) in [6, 6.07) is 20.4. The number of benzene rings is 3. The average Bonchev–Trinajstić information content (AvgIpc) is 3.14. The third-order valence-electron chi connectivity index (χ3n) is 5.76. The zero-order valence-corrected chi connectivity index (χ0v) is 21.1. The lowest BCUT2D eigenvalue weighted by Crippen LogP contribution is -2.08. The molecular formula is C26H26BBrN4O. The van der Waals surface area contributed by atoms with Crippen molar-refractivity contribution in [1.29, 1.82) is 0 Å². The molecule has 2 radical (unpaired) electrons. The molecule has 4 aromatic rings. The monoisotopic (exact) mass is 500 g/mol. The second-order valence-corrected chi connectivity index (χ2v) is 9.32. The number of imidazole rings is 1. The smallest absolute Gasteiger partial charge is 0.140 e. The van der Waals surface area contributed by atoms with Crippen LogP contribution in [0.2, 0.25) is 0 Å². The van der Waals surface area contributed by atoms with Gasteiger partial charge in [0.05, 0.1) is 15.9 Å². The minimum atomic E-state index is 0.0342. The first kappa shape index (κ1) is 23.0. The van der Waals surface area contributed by atoms with Gasteiger partial charge in [-0.1, -0.05) is 35.8 Å². The van der Waals surface area contributed by atoms with E-state index in [0.717, 1.165) is 45.3 Å². The third-order valence-corrected chi connectivity index (χ3v) is 6.36. The summed E-state index contributed by atoms with van der Waals surface area (Å²) in [5.74, 6) is 0.799. The van der Waals surface area contributed by atoms with Crippen LogP contribution in [0.1, 0.15) is 0 Å². The maximum absolute atomic E-state index is 10.1. The first-order chi connectivity index (χ1) is 15.7. The number of nitrogens with zero attached hydrogens (tertiary/aromatic N) is 4. The third kappa shape index (κ3) is 4.38. The van der Waals surface area contributed by atoms with E-state index in [4.69, 9.17) is 12.8 Å². The maximum atomic E-state index is 10.1. The Kier molecular flexibility index (Phi) is 6.26. The Morgan fingerprint density at radius 2 is 1.33 bits per heavy atom. The lowest BCUT2D eigenvalue weighted by atomic mass is 9.93. The Balaban J connectivity index is 1.93. The normalized spacial score (nSPS) is 11.0. The molecule has 3 aromatic carbocycles. The van der Waals surface area contributed by atoms with Gasteiger partial charge in [-0.05, 0) is 46.3 Å². The Morgan fingerprint density at radius 3 is 1.82 bits per heavy atom. The van der Waals surface area contributed by atoms with Gasteiger partial charge in [0.2, 0.25) is 0 Å². The quantitative estimate of drug-likeness (QED) is 0.399. The summed E-state index contributed by atoms with van der Waals surface area (Å²) in [6.07, 6.45) is 0. The Bertz CT molecular complexity index is 1270. The van der Waals surface area contributed by atoms with Crippen LogP contribution in [-0.4, -0.2) is 50.7 Å². The highest BCUT2D eigenvalue weighted by Gasteiger charge is 2.20. The summed E-state index contributed by atoms with van der Waals surface area (Å²) < 4.78 is 2.62. The van der Waals surface area contributed by atoms with Crippen molar-refractivity contribution in [2.24, 2.45) is 7.05 Å². The van der Waals surface area contributed by atoms with Crippen LogP contribution in [0.3, 0.4) is 0 Å². The molecule has 0 aliphatic heterocycles. The van der Waals surface area contributed by atoms with Crippen molar-refractivity contribution in [3.05, 3.63) is 65.1 Å². The highest BCUT2D eigenvalue weighted by atomic mass is 79.9. The number of hydrogen-bond donors (Lipinski definition) is 1. The second kappa shape index (κ2) is 8.98. The van der Waals surface area contributed by atoms with Gasteiger partial charge in [-0.2, -0.15) is 0 Å². The van der Waals surface area contributed by atoms with Crippen molar-refractivity contribution >= 4 is 40.6 Å². The van der Waals surface area contributed by atoms with E-state index in [1.807, 2.05) is 41.3 Å². The summed E-state index contributed by atoms with van der Waals surface area (Å²) >= 11 is 3.40. The molecule has 0 saturated carbocycles. The number of phenolic OH excluding ortho intramolecular Hbond substituents is 1. The van der Waals surface area contributed by atoms with Crippen molar-refractivity contribution < 1.29 is 5.11 Å². The molecule has 1 N–H and O–H groups in total. The number of halogens is 1.